The molecular formula is C17H14FN7O3S. The summed E-state index contributed by atoms with van der Waals surface area (Å²) < 4.78 is 45.1. The smallest absolute Gasteiger partial charge is 0.297 e. The van der Waals surface area contributed by atoms with E-state index in [1.54, 1.807) is 30.3 Å². The van der Waals surface area contributed by atoms with Crippen LogP contribution < -0.4 is 9.86 Å². The van der Waals surface area contributed by atoms with Gasteiger partial charge in [0, 0.05) is 17.8 Å². The Balaban J connectivity index is 1.76. The summed E-state index contributed by atoms with van der Waals surface area (Å²) in [5, 5.41) is 13.3. The summed E-state index contributed by atoms with van der Waals surface area (Å²) in [5.41, 5.74) is 1.79. The summed E-state index contributed by atoms with van der Waals surface area (Å²) in [7, 11) is -3.99. The molecule has 3 N–H and O–H groups in total. The topological polar surface area (TPSA) is 142 Å². The second-order valence-electron chi connectivity index (χ2n) is 5.96. The molecule has 0 fully saturated rings. The Hall–Kier alpha value is -3.64. The van der Waals surface area contributed by atoms with Crippen LogP contribution in [0.3, 0.4) is 0 Å². The lowest BCUT2D eigenvalue weighted by atomic mass is 10.2. The Kier molecular flexibility index (Phi) is 4.78. The van der Waals surface area contributed by atoms with Crippen LogP contribution in [0.15, 0.2) is 59.4 Å². The zero-order valence-electron chi connectivity index (χ0n) is 14.7. The highest BCUT2D eigenvalue weighted by Gasteiger charge is 2.17. The fourth-order valence-corrected chi connectivity index (χ4v) is 3.08. The van der Waals surface area contributed by atoms with Crippen molar-refractivity contribution in [1.29, 1.82) is 0 Å². The standard InChI is InChI=1S/C17H14FN7O3S/c18-12-4-2-1-3-11(12)10-25-15(13-6-8-28-23-13)9-14(22-25)17-20-7-5-16(21-17)24-29(19,26)27/h1-9H,10H2,(H2,19,26,27)(H,20,21,24). The first kappa shape index (κ1) is 18.7. The third kappa shape index (κ3) is 4.28. The molecule has 0 spiro atoms. The molecule has 0 aliphatic carbocycles. The molecule has 0 saturated heterocycles. The maximum absolute atomic E-state index is 14.1. The molecule has 0 radical (unpaired) electrons. The number of nitrogens with one attached hydrogen (secondary N) is 1. The van der Waals surface area contributed by atoms with Crippen molar-refractivity contribution < 1.29 is 17.3 Å². The monoisotopic (exact) mass is 415 g/mol. The molecule has 0 amide bonds. The number of hydrogen-bond donors (Lipinski definition) is 2. The molecule has 0 aliphatic heterocycles. The van der Waals surface area contributed by atoms with Crippen molar-refractivity contribution in [3.8, 4) is 22.9 Å². The van der Waals surface area contributed by atoms with Gasteiger partial charge in [0.25, 0.3) is 10.2 Å². The average Bonchev–Trinajstić information content (AvgIpc) is 3.32. The molecule has 10 nitrogen and oxygen atoms in total. The number of benzene rings is 1. The zero-order valence-corrected chi connectivity index (χ0v) is 15.5. The largest absolute Gasteiger partial charge is 0.364 e. The zero-order chi connectivity index (χ0) is 20.4. The van der Waals surface area contributed by atoms with Crippen LogP contribution in [0.5, 0.6) is 0 Å². The van der Waals surface area contributed by atoms with Crippen LogP contribution in [0.25, 0.3) is 22.9 Å². The number of aromatic nitrogens is 5. The van der Waals surface area contributed by atoms with E-state index >= 15 is 0 Å². The first-order valence-corrected chi connectivity index (χ1v) is 9.80. The summed E-state index contributed by atoms with van der Waals surface area (Å²) in [6.07, 6.45) is 2.77. The van der Waals surface area contributed by atoms with Gasteiger partial charge in [-0.15, -0.1) is 0 Å². The quantitative estimate of drug-likeness (QED) is 0.489. The molecule has 0 bridgehead atoms. The normalized spacial score (nSPS) is 11.5. The van der Waals surface area contributed by atoms with E-state index in [0.717, 1.165) is 0 Å². The Morgan fingerprint density at radius 3 is 2.72 bits per heavy atom. The maximum atomic E-state index is 14.1. The first-order chi connectivity index (χ1) is 13.9. The van der Waals surface area contributed by atoms with Gasteiger partial charge in [-0.25, -0.2) is 19.5 Å². The second kappa shape index (κ2) is 7.41. The fourth-order valence-electron chi connectivity index (χ4n) is 2.67. The van der Waals surface area contributed by atoms with Crippen molar-refractivity contribution in [2.75, 3.05) is 4.72 Å². The minimum absolute atomic E-state index is 0.0101. The molecule has 4 aromatic rings. The number of nitrogens with zero attached hydrogens (tertiary/aromatic N) is 5. The molecule has 3 heterocycles. The van der Waals surface area contributed by atoms with Crippen molar-refractivity contribution in [3.05, 3.63) is 66.3 Å². The Morgan fingerprint density at radius 1 is 1.17 bits per heavy atom. The van der Waals surface area contributed by atoms with Crippen molar-refractivity contribution in [2.45, 2.75) is 6.54 Å². The van der Waals surface area contributed by atoms with E-state index in [1.807, 2.05) is 0 Å². The lowest BCUT2D eigenvalue weighted by molar-refractivity contribution is 0.421. The molecule has 0 saturated carbocycles. The van der Waals surface area contributed by atoms with Gasteiger partial charge in [0.05, 0.1) is 12.2 Å². The van der Waals surface area contributed by atoms with E-state index in [2.05, 4.69) is 24.9 Å². The van der Waals surface area contributed by atoms with E-state index < -0.39 is 10.2 Å². The molecule has 29 heavy (non-hydrogen) atoms. The Labute approximate surface area is 164 Å². The van der Waals surface area contributed by atoms with Crippen LogP contribution in [0.2, 0.25) is 0 Å². The van der Waals surface area contributed by atoms with Gasteiger partial charge in [0.2, 0.25) is 0 Å². The summed E-state index contributed by atoms with van der Waals surface area (Å²) >= 11 is 0. The maximum Gasteiger partial charge on any atom is 0.297 e. The minimum atomic E-state index is -3.99. The predicted octanol–water partition coefficient (Wildman–Crippen LogP) is 1.80. The summed E-state index contributed by atoms with van der Waals surface area (Å²) in [6, 6.07) is 11.0. The van der Waals surface area contributed by atoms with Crippen LogP contribution >= 0.6 is 0 Å². The highest BCUT2D eigenvalue weighted by molar-refractivity contribution is 7.90. The lowest BCUT2D eigenvalue weighted by Crippen LogP contribution is -2.22. The van der Waals surface area contributed by atoms with Gasteiger partial charge in [-0.2, -0.15) is 13.5 Å². The third-order valence-corrected chi connectivity index (χ3v) is 4.38. The predicted molar refractivity (Wildman–Crippen MR) is 101 cm³/mol. The van der Waals surface area contributed by atoms with E-state index in [-0.39, 0.29) is 24.0 Å². The molecule has 0 aliphatic rings. The summed E-state index contributed by atoms with van der Waals surface area (Å²) in [4.78, 5) is 8.23. The van der Waals surface area contributed by atoms with Crippen molar-refractivity contribution in [1.82, 2.24) is 24.9 Å². The van der Waals surface area contributed by atoms with Crippen molar-refractivity contribution in [3.63, 3.8) is 0 Å². The SMILES string of the molecule is NS(=O)(=O)Nc1ccnc(-c2cc(-c3ccon3)n(Cc3ccccc3F)n2)n1. The number of nitrogens with two attached hydrogens (primary N) is 1. The third-order valence-electron chi connectivity index (χ3n) is 3.89. The van der Waals surface area contributed by atoms with Crippen LogP contribution in [0.4, 0.5) is 10.2 Å². The van der Waals surface area contributed by atoms with Crippen LogP contribution in [-0.4, -0.2) is 33.3 Å². The molecule has 148 valence electrons. The van der Waals surface area contributed by atoms with E-state index in [0.29, 0.717) is 22.6 Å². The molecular weight excluding hydrogens is 401 g/mol. The van der Waals surface area contributed by atoms with E-state index in [1.165, 1.54) is 29.3 Å². The lowest BCUT2D eigenvalue weighted by Gasteiger charge is -2.06. The van der Waals surface area contributed by atoms with Gasteiger partial charge in [-0.3, -0.25) is 9.40 Å². The fraction of sp³-hybridized carbons (Fsp3) is 0.0588. The number of anilines is 1. The molecule has 4 rings (SSSR count). The number of halogens is 1. The van der Waals surface area contributed by atoms with Gasteiger partial charge >= 0.3 is 0 Å². The van der Waals surface area contributed by atoms with Crippen molar-refractivity contribution in [2.24, 2.45) is 5.14 Å². The Morgan fingerprint density at radius 2 is 2.00 bits per heavy atom. The van der Waals surface area contributed by atoms with E-state index in [4.69, 9.17) is 9.66 Å². The van der Waals surface area contributed by atoms with Gasteiger partial charge < -0.3 is 4.52 Å². The highest BCUT2D eigenvalue weighted by atomic mass is 32.2. The first-order valence-electron chi connectivity index (χ1n) is 8.25. The van der Waals surface area contributed by atoms with Gasteiger partial charge in [-0.05, 0) is 18.2 Å². The number of rotatable bonds is 6. The summed E-state index contributed by atoms with van der Waals surface area (Å²) in [6.45, 7) is 0.129. The number of hydrogen-bond acceptors (Lipinski definition) is 7. The molecule has 0 atom stereocenters. The van der Waals surface area contributed by atoms with Crippen LogP contribution in [0.1, 0.15) is 5.56 Å². The van der Waals surface area contributed by atoms with Crippen LogP contribution in [0, 0.1) is 5.82 Å². The molecule has 0 unspecified atom stereocenters. The minimum Gasteiger partial charge on any atom is -0.364 e. The van der Waals surface area contributed by atoms with E-state index in [9.17, 15) is 12.8 Å². The molecule has 1 aromatic carbocycles. The van der Waals surface area contributed by atoms with Gasteiger partial charge in [0.1, 0.15) is 29.3 Å². The second-order valence-corrected chi connectivity index (χ2v) is 7.26. The van der Waals surface area contributed by atoms with Crippen molar-refractivity contribution >= 4 is 16.0 Å². The average molecular weight is 415 g/mol. The molecule has 3 aromatic heterocycles. The highest BCUT2D eigenvalue weighted by Crippen LogP contribution is 2.25. The van der Waals surface area contributed by atoms with Crippen LogP contribution in [-0.2, 0) is 16.8 Å². The Bertz CT molecular complexity index is 1260. The molecule has 12 heteroatoms. The summed E-state index contributed by atoms with van der Waals surface area (Å²) in [5.74, 6) is -0.230. The van der Waals surface area contributed by atoms with Gasteiger partial charge in [-0.1, -0.05) is 23.4 Å². The van der Waals surface area contributed by atoms with Gasteiger partial charge in [0.15, 0.2) is 5.82 Å².